The lowest BCUT2D eigenvalue weighted by molar-refractivity contribution is 0.102. The van der Waals surface area contributed by atoms with E-state index in [1.54, 1.807) is 0 Å². The topological polar surface area (TPSA) is 23.5 Å². The molecule has 0 aliphatic heterocycles. The van der Waals surface area contributed by atoms with Crippen LogP contribution in [0, 0.1) is 0 Å². The first-order valence-corrected chi connectivity index (χ1v) is 9.24. The molecule has 1 N–H and O–H groups in total. The Kier molecular flexibility index (Phi) is 8.00. The molecule has 0 saturated heterocycles. The van der Waals surface area contributed by atoms with Gasteiger partial charge in [0.25, 0.3) is 0 Å². The van der Waals surface area contributed by atoms with E-state index in [1.165, 1.54) is 11.1 Å². The lowest BCUT2D eigenvalue weighted by atomic mass is 9.86. The van der Waals surface area contributed by atoms with Gasteiger partial charge in [-0.05, 0) is 43.5 Å². The van der Waals surface area contributed by atoms with Crippen LogP contribution < -0.4 is 0 Å². The van der Waals surface area contributed by atoms with Crippen molar-refractivity contribution in [2.75, 3.05) is 19.6 Å². The zero-order valence-electron chi connectivity index (χ0n) is 15.1. The van der Waals surface area contributed by atoms with Crippen molar-refractivity contribution in [1.29, 1.82) is 0 Å². The van der Waals surface area contributed by atoms with Crippen molar-refractivity contribution in [3.63, 3.8) is 0 Å². The maximum Gasteiger partial charge on any atom is 0.0676 e. The Labute approximate surface area is 147 Å². The number of aliphatic hydroxyl groups is 1. The van der Waals surface area contributed by atoms with E-state index >= 15 is 0 Å². The fraction of sp³-hybridized carbons (Fsp3) is 0.455. The summed E-state index contributed by atoms with van der Waals surface area (Å²) in [7, 11) is 0. The molecule has 0 heterocycles. The molecule has 0 saturated carbocycles. The molecule has 0 spiro atoms. The Hall–Kier alpha value is -1.64. The Morgan fingerprint density at radius 1 is 0.792 bits per heavy atom. The maximum atomic E-state index is 10.7. The van der Waals surface area contributed by atoms with E-state index in [9.17, 15) is 5.11 Å². The van der Waals surface area contributed by atoms with E-state index in [0.29, 0.717) is 0 Å². The molecular weight excluding hydrogens is 294 g/mol. The summed E-state index contributed by atoms with van der Waals surface area (Å²) in [6, 6.07) is 21.1. The number of hydrogen-bond donors (Lipinski definition) is 1. The first-order chi connectivity index (χ1) is 11.7. The van der Waals surface area contributed by atoms with Crippen LogP contribution in [0.2, 0.25) is 0 Å². The van der Waals surface area contributed by atoms with Crippen LogP contribution in [-0.2, 0) is 0 Å². The van der Waals surface area contributed by atoms with Crippen molar-refractivity contribution in [3.8, 4) is 0 Å². The van der Waals surface area contributed by atoms with E-state index in [0.717, 1.165) is 38.9 Å². The summed E-state index contributed by atoms with van der Waals surface area (Å²) in [5.74, 6) is 0.243. The van der Waals surface area contributed by atoms with E-state index < -0.39 is 0 Å². The van der Waals surface area contributed by atoms with E-state index in [-0.39, 0.29) is 12.0 Å². The van der Waals surface area contributed by atoms with Crippen LogP contribution in [0.1, 0.15) is 50.2 Å². The van der Waals surface area contributed by atoms with Gasteiger partial charge in [-0.3, -0.25) is 0 Å². The lowest BCUT2D eigenvalue weighted by Gasteiger charge is -2.27. The highest BCUT2D eigenvalue weighted by Crippen LogP contribution is 2.29. The van der Waals surface area contributed by atoms with E-state index in [1.807, 2.05) is 12.1 Å². The molecule has 130 valence electrons. The van der Waals surface area contributed by atoms with Gasteiger partial charge in [-0.1, -0.05) is 74.5 Å². The second-order valence-corrected chi connectivity index (χ2v) is 6.56. The molecule has 2 nitrogen and oxygen atoms in total. The molecule has 0 aliphatic carbocycles. The highest BCUT2D eigenvalue weighted by atomic mass is 16.3. The zero-order chi connectivity index (χ0) is 17.2. The molecule has 2 aromatic carbocycles. The fourth-order valence-electron chi connectivity index (χ4n) is 3.41. The summed E-state index contributed by atoms with van der Waals surface area (Å²) in [6.07, 6.45) is 2.72. The van der Waals surface area contributed by atoms with Crippen molar-refractivity contribution >= 4 is 0 Å². The first kappa shape index (κ1) is 18.7. The normalized spacial score (nSPS) is 12.7. The molecule has 2 rings (SSSR count). The minimum Gasteiger partial charge on any atom is -0.392 e. The quantitative estimate of drug-likeness (QED) is 0.685. The average molecular weight is 325 g/mol. The van der Waals surface area contributed by atoms with Crippen LogP contribution in [0.3, 0.4) is 0 Å². The molecule has 0 aromatic heterocycles. The Bertz CT molecular complexity index is 509. The van der Waals surface area contributed by atoms with Crippen LogP contribution >= 0.6 is 0 Å². The van der Waals surface area contributed by atoms with Gasteiger partial charge >= 0.3 is 0 Å². The van der Waals surface area contributed by atoms with Crippen LogP contribution in [0.15, 0.2) is 60.7 Å². The summed E-state index contributed by atoms with van der Waals surface area (Å²) < 4.78 is 0. The number of aliphatic hydroxyl groups excluding tert-OH is 1. The SMILES string of the molecule is CCCN(CCC)CC(O)CC(c1ccccc1)c1ccccc1. The predicted octanol–water partition coefficient (Wildman–Crippen LogP) is 4.69. The summed E-state index contributed by atoms with van der Waals surface area (Å²) in [5.41, 5.74) is 2.56. The Morgan fingerprint density at radius 3 is 1.67 bits per heavy atom. The van der Waals surface area contributed by atoms with Crippen molar-refractivity contribution < 1.29 is 5.11 Å². The summed E-state index contributed by atoms with van der Waals surface area (Å²) in [4.78, 5) is 2.39. The highest BCUT2D eigenvalue weighted by molar-refractivity contribution is 5.32. The Balaban J connectivity index is 2.10. The number of hydrogen-bond acceptors (Lipinski definition) is 2. The molecule has 2 heteroatoms. The largest absolute Gasteiger partial charge is 0.392 e. The molecule has 0 amide bonds. The third-order valence-electron chi connectivity index (χ3n) is 4.46. The van der Waals surface area contributed by atoms with Gasteiger partial charge in [0.2, 0.25) is 0 Å². The van der Waals surface area contributed by atoms with Gasteiger partial charge in [0.15, 0.2) is 0 Å². The molecule has 0 fully saturated rings. The van der Waals surface area contributed by atoms with Crippen LogP contribution in [-0.4, -0.2) is 35.7 Å². The molecule has 2 aromatic rings. The van der Waals surface area contributed by atoms with Crippen molar-refractivity contribution in [3.05, 3.63) is 71.8 Å². The average Bonchev–Trinajstić information content (AvgIpc) is 2.61. The highest BCUT2D eigenvalue weighted by Gasteiger charge is 2.20. The number of rotatable bonds is 10. The van der Waals surface area contributed by atoms with Crippen LogP contribution in [0.5, 0.6) is 0 Å². The first-order valence-electron chi connectivity index (χ1n) is 9.24. The molecule has 0 bridgehead atoms. The van der Waals surface area contributed by atoms with E-state index in [2.05, 4.69) is 67.3 Å². The minimum atomic E-state index is -0.312. The predicted molar refractivity (Wildman–Crippen MR) is 102 cm³/mol. The second kappa shape index (κ2) is 10.3. The Morgan fingerprint density at radius 2 is 1.25 bits per heavy atom. The number of nitrogens with zero attached hydrogens (tertiary/aromatic N) is 1. The van der Waals surface area contributed by atoms with Gasteiger partial charge < -0.3 is 10.0 Å². The second-order valence-electron chi connectivity index (χ2n) is 6.56. The molecular formula is C22H31NO. The van der Waals surface area contributed by atoms with Gasteiger partial charge in [-0.25, -0.2) is 0 Å². The molecule has 24 heavy (non-hydrogen) atoms. The van der Waals surface area contributed by atoms with Crippen molar-refractivity contribution in [2.24, 2.45) is 0 Å². The summed E-state index contributed by atoms with van der Waals surface area (Å²) in [6.45, 7) is 7.29. The molecule has 0 aliphatic rings. The smallest absolute Gasteiger partial charge is 0.0676 e. The number of benzene rings is 2. The molecule has 0 radical (unpaired) electrons. The third-order valence-corrected chi connectivity index (χ3v) is 4.46. The van der Waals surface area contributed by atoms with Crippen LogP contribution in [0.4, 0.5) is 0 Å². The summed E-state index contributed by atoms with van der Waals surface area (Å²) >= 11 is 0. The standard InChI is InChI=1S/C22H31NO/c1-3-15-23(16-4-2)18-21(24)17-22(19-11-7-5-8-12-19)20-13-9-6-10-14-20/h5-14,21-22,24H,3-4,15-18H2,1-2H3. The van der Waals surface area contributed by atoms with Gasteiger partial charge in [0.1, 0.15) is 0 Å². The molecule has 1 atom stereocenters. The summed E-state index contributed by atoms with van der Waals surface area (Å²) in [5, 5.41) is 10.7. The minimum absolute atomic E-state index is 0.243. The lowest BCUT2D eigenvalue weighted by Crippen LogP contribution is -2.34. The monoisotopic (exact) mass is 325 g/mol. The molecule has 1 unspecified atom stereocenters. The van der Waals surface area contributed by atoms with Crippen LogP contribution in [0.25, 0.3) is 0 Å². The van der Waals surface area contributed by atoms with Gasteiger partial charge in [-0.2, -0.15) is 0 Å². The zero-order valence-corrected chi connectivity index (χ0v) is 15.1. The maximum absolute atomic E-state index is 10.7. The fourth-order valence-corrected chi connectivity index (χ4v) is 3.41. The van der Waals surface area contributed by atoms with Crippen molar-refractivity contribution in [1.82, 2.24) is 4.90 Å². The van der Waals surface area contributed by atoms with Gasteiger partial charge in [-0.15, -0.1) is 0 Å². The van der Waals surface area contributed by atoms with Gasteiger partial charge in [0.05, 0.1) is 6.10 Å². The van der Waals surface area contributed by atoms with E-state index in [4.69, 9.17) is 0 Å². The third kappa shape index (κ3) is 5.77. The van der Waals surface area contributed by atoms with Gasteiger partial charge in [0, 0.05) is 12.5 Å². The van der Waals surface area contributed by atoms with Crippen molar-refractivity contribution in [2.45, 2.75) is 45.1 Å².